The average molecular weight is 227 g/mol. The maximum Gasteiger partial charge on any atom is 0.165 e. The molecule has 1 aliphatic rings. The molecular formula is C13H25NO2. The summed E-state index contributed by atoms with van der Waals surface area (Å²) in [6, 6.07) is 0. The number of carbonyl (C=O) groups is 1. The zero-order chi connectivity index (χ0) is 12.0. The van der Waals surface area contributed by atoms with E-state index < -0.39 is 0 Å². The summed E-state index contributed by atoms with van der Waals surface area (Å²) in [6.45, 7) is 9.89. The second-order valence-corrected chi connectivity index (χ2v) is 4.58. The Hall–Kier alpha value is -0.410. The second-order valence-electron chi connectivity index (χ2n) is 4.58. The minimum Gasteiger partial charge on any atom is -0.368 e. The second kappa shape index (κ2) is 7.02. The number of morpholine rings is 1. The van der Waals surface area contributed by atoms with E-state index in [0.29, 0.717) is 12.4 Å². The molecule has 0 saturated carbocycles. The summed E-state index contributed by atoms with van der Waals surface area (Å²) in [5.74, 6) is 0.498. The SMILES string of the molecule is CCCN1CCOC(C(=O)C(CC)CC)C1. The fraction of sp³-hybridized carbons (Fsp3) is 0.923. The summed E-state index contributed by atoms with van der Waals surface area (Å²) in [5, 5.41) is 0. The van der Waals surface area contributed by atoms with Crippen LogP contribution in [0, 0.1) is 5.92 Å². The molecule has 0 N–H and O–H groups in total. The van der Waals surface area contributed by atoms with Crippen LogP contribution in [0.2, 0.25) is 0 Å². The van der Waals surface area contributed by atoms with Gasteiger partial charge in [0.1, 0.15) is 6.10 Å². The molecule has 0 aliphatic carbocycles. The molecule has 1 fully saturated rings. The van der Waals surface area contributed by atoms with Gasteiger partial charge in [0, 0.05) is 19.0 Å². The Morgan fingerprint density at radius 1 is 1.38 bits per heavy atom. The summed E-state index contributed by atoms with van der Waals surface area (Å²) in [6.07, 6.45) is 2.84. The molecule has 16 heavy (non-hydrogen) atoms. The Morgan fingerprint density at radius 3 is 2.62 bits per heavy atom. The number of ether oxygens (including phenoxy) is 1. The standard InChI is InChI=1S/C13H25NO2/c1-4-7-14-8-9-16-12(10-14)13(15)11(5-2)6-3/h11-12H,4-10H2,1-3H3. The molecule has 1 atom stereocenters. The van der Waals surface area contributed by atoms with Gasteiger partial charge in [-0.15, -0.1) is 0 Å². The van der Waals surface area contributed by atoms with Crippen molar-refractivity contribution in [3.05, 3.63) is 0 Å². The van der Waals surface area contributed by atoms with E-state index in [1.807, 2.05) is 0 Å². The summed E-state index contributed by atoms with van der Waals surface area (Å²) in [5.41, 5.74) is 0. The minimum atomic E-state index is -0.176. The van der Waals surface area contributed by atoms with Gasteiger partial charge in [-0.2, -0.15) is 0 Å². The lowest BCUT2D eigenvalue weighted by Crippen LogP contribution is -2.47. The monoisotopic (exact) mass is 227 g/mol. The number of nitrogens with zero attached hydrogens (tertiary/aromatic N) is 1. The van der Waals surface area contributed by atoms with Gasteiger partial charge < -0.3 is 4.74 Å². The molecule has 3 heteroatoms. The molecule has 0 amide bonds. The Labute approximate surface area is 99.1 Å². The lowest BCUT2D eigenvalue weighted by atomic mass is 9.94. The van der Waals surface area contributed by atoms with Crippen LogP contribution in [0.3, 0.4) is 0 Å². The van der Waals surface area contributed by atoms with Gasteiger partial charge in [0.05, 0.1) is 6.61 Å². The summed E-state index contributed by atoms with van der Waals surface area (Å²) < 4.78 is 5.61. The van der Waals surface area contributed by atoms with Crippen LogP contribution in [-0.2, 0) is 9.53 Å². The quantitative estimate of drug-likeness (QED) is 0.696. The average Bonchev–Trinajstić information content (AvgIpc) is 2.31. The number of rotatable bonds is 6. The third kappa shape index (κ3) is 3.56. The number of Topliss-reactive ketones (excluding diaryl/α,β-unsaturated/α-hetero) is 1. The predicted octanol–water partition coefficient (Wildman–Crippen LogP) is 2.10. The Bertz CT molecular complexity index is 212. The highest BCUT2D eigenvalue weighted by Crippen LogP contribution is 2.16. The molecule has 1 saturated heterocycles. The van der Waals surface area contributed by atoms with Gasteiger partial charge in [0.15, 0.2) is 5.78 Å². The molecule has 0 aromatic carbocycles. The highest BCUT2D eigenvalue weighted by molar-refractivity contribution is 5.85. The summed E-state index contributed by atoms with van der Waals surface area (Å²) in [7, 11) is 0. The van der Waals surface area contributed by atoms with Crippen LogP contribution in [0.4, 0.5) is 0 Å². The van der Waals surface area contributed by atoms with Crippen molar-refractivity contribution in [2.24, 2.45) is 5.92 Å². The van der Waals surface area contributed by atoms with Crippen LogP contribution >= 0.6 is 0 Å². The third-order valence-corrected chi connectivity index (χ3v) is 3.40. The zero-order valence-corrected chi connectivity index (χ0v) is 10.9. The molecule has 94 valence electrons. The van der Waals surface area contributed by atoms with Crippen molar-refractivity contribution < 1.29 is 9.53 Å². The lowest BCUT2D eigenvalue weighted by molar-refractivity contribution is -0.140. The number of carbonyl (C=O) groups excluding carboxylic acids is 1. The number of hydrogen-bond donors (Lipinski definition) is 0. The Balaban J connectivity index is 2.49. The van der Waals surface area contributed by atoms with Gasteiger partial charge in [-0.1, -0.05) is 20.8 Å². The van der Waals surface area contributed by atoms with Gasteiger partial charge in [0.25, 0.3) is 0 Å². The van der Waals surface area contributed by atoms with Crippen molar-refractivity contribution >= 4 is 5.78 Å². The van der Waals surface area contributed by atoms with Crippen LogP contribution in [0.15, 0.2) is 0 Å². The maximum absolute atomic E-state index is 12.2. The Kier molecular flexibility index (Phi) is 5.99. The van der Waals surface area contributed by atoms with Gasteiger partial charge in [-0.25, -0.2) is 0 Å². The van der Waals surface area contributed by atoms with E-state index in [0.717, 1.165) is 38.9 Å². The van der Waals surface area contributed by atoms with E-state index in [2.05, 4.69) is 25.7 Å². The first-order valence-electron chi connectivity index (χ1n) is 6.60. The fourth-order valence-electron chi connectivity index (χ4n) is 2.35. The lowest BCUT2D eigenvalue weighted by Gasteiger charge is -2.33. The highest BCUT2D eigenvalue weighted by atomic mass is 16.5. The van der Waals surface area contributed by atoms with Crippen molar-refractivity contribution in [1.29, 1.82) is 0 Å². The molecule has 0 aromatic rings. The van der Waals surface area contributed by atoms with Gasteiger partial charge in [-0.3, -0.25) is 9.69 Å². The Morgan fingerprint density at radius 2 is 2.06 bits per heavy atom. The first-order chi connectivity index (χ1) is 7.72. The van der Waals surface area contributed by atoms with Crippen molar-refractivity contribution in [2.75, 3.05) is 26.2 Å². The van der Waals surface area contributed by atoms with Crippen LogP contribution < -0.4 is 0 Å². The van der Waals surface area contributed by atoms with Crippen molar-refractivity contribution in [1.82, 2.24) is 4.90 Å². The van der Waals surface area contributed by atoms with E-state index in [4.69, 9.17) is 4.74 Å². The number of ketones is 1. The van der Waals surface area contributed by atoms with E-state index in [9.17, 15) is 4.79 Å². The van der Waals surface area contributed by atoms with Crippen molar-refractivity contribution in [2.45, 2.75) is 46.1 Å². The van der Waals surface area contributed by atoms with Crippen molar-refractivity contribution in [3.8, 4) is 0 Å². The van der Waals surface area contributed by atoms with E-state index in [1.165, 1.54) is 0 Å². The third-order valence-electron chi connectivity index (χ3n) is 3.40. The predicted molar refractivity (Wildman–Crippen MR) is 65.6 cm³/mol. The molecule has 1 unspecified atom stereocenters. The number of hydrogen-bond acceptors (Lipinski definition) is 3. The van der Waals surface area contributed by atoms with Crippen LogP contribution in [0.1, 0.15) is 40.0 Å². The normalized spacial score (nSPS) is 22.6. The largest absolute Gasteiger partial charge is 0.368 e. The van der Waals surface area contributed by atoms with Gasteiger partial charge in [-0.05, 0) is 25.8 Å². The van der Waals surface area contributed by atoms with E-state index >= 15 is 0 Å². The van der Waals surface area contributed by atoms with Crippen molar-refractivity contribution in [3.63, 3.8) is 0 Å². The molecule has 0 spiro atoms. The van der Waals surface area contributed by atoms with Gasteiger partial charge >= 0.3 is 0 Å². The summed E-state index contributed by atoms with van der Waals surface area (Å²) in [4.78, 5) is 14.5. The van der Waals surface area contributed by atoms with Crippen LogP contribution in [-0.4, -0.2) is 43.0 Å². The topological polar surface area (TPSA) is 29.5 Å². The van der Waals surface area contributed by atoms with E-state index in [1.54, 1.807) is 0 Å². The molecule has 3 nitrogen and oxygen atoms in total. The molecule has 0 radical (unpaired) electrons. The molecule has 1 heterocycles. The molecule has 1 aliphatic heterocycles. The smallest absolute Gasteiger partial charge is 0.165 e. The van der Waals surface area contributed by atoms with E-state index in [-0.39, 0.29) is 12.0 Å². The first kappa shape index (κ1) is 13.7. The van der Waals surface area contributed by atoms with Crippen LogP contribution in [0.5, 0.6) is 0 Å². The highest BCUT2D eigenvalue weighted by Gasteiger charge is 2.29. The van der Waals surface area contributed by atoms with Gasteiger partial charge in [0.2, 0.25) is 0 Å². The van der Waals surface area contributed by atoms with Crippen LogP contribution in [0.25, 0.3) is 0 Å². The molecule has 1 rings (SSSR count). The zero-order valence-electron chi connectivity index (χ0n) is 10.9. The molecule has 0 aromatic heterocycles. The first-order valence-corrected chi connectivity index (χ1v) is 6.60. The molecule has 0 bridgehead atoms. The minimum absolute atomic E-state index is 0.176. The maximum atomic E-state index is 12.2. The summed E-state index contributed by atoms with van der Waals surface area (Å²) >= 11 is 0. The fourth-order valence-corrected chi connectivity index (χ4v) is 2.35. The molecular weight excluding hydrogens is 202 g/mol.